The van der Waals surface area contributed by atoms with Gasteiger partial charge >= 0.3 is 0 Å². The van der Waals surface area contributed by atoms with Gasteiger partial charge in [0.15, 0.2) is 0 Å². The number of thiophene rings is 1. The van der Waals surface area contributed by atoms with Crippen molar-refractivity contribution in [2.45, 2.75) is 13.0 Å². The molecule has 4 rings (SSSR count). The van der Waals surface area contributed by atoms with Crippen LogP contribution in [-0.4, -0.2) is 31.4 Å². The third-order valence-corrected chi connectivity index (χ3v) is 6.79. The zero-order chi connectivity index (χ0) is 21.6. The van der Waals surface area contributed by atoms with E-state index >= 15 is 0 Å². The van der Waals surface area contributed by atoms with E-state index in [0.717, 1.165) is 29.5 Å². The molecule has 1 aliphatic heterocycles. The summed E-state index contributed by atoms with van der Waals surface area (Å²) in [6, 6.07) is 19.4. The molecule has 3 aromatic rings. The number of nitrogens with one attached hydrogen (secondary N) is 2. The van der Waals surface area contributed by atoms with Crippen LogP contribution in [0.25, 0.3) is 0 Å². The largest absolute Gasteiger partial charge is 0.371 e. The van der Waals surface area contributed by atoms with Crippen LogP contribution in [-0.2, 0) is 6.54 Å². The zero-order valence-electron chi connectivity index (χ0n) is 17.0. The number of carbonyl (C=O) groups is 2. The van der Waals surface area contributed by atoms with E-state index in [1.165, 1.54) is 17.0 Å². The number of rotatable bonds is 7. The SMILES string of the molecule is O=C(NCC1CCN(c2cccc(Br)c2)C1)c1ccc(CNC(=O)c2cccs2)cc1. The zero-order valence-corrected chi connectivity index (χ0v) is 19.4. The Labute approximate surface area is 194 Å². The molecule has 2 amide bonds. The van der Waals surface area contributed by atoms with Crippen LogP contribution >= 0.6 is 27.3 Å². The fraction of sp³-hybridized carbons (Fsp3) is 0.250. The molecule has 160 valence electrons. The molecule has 1 fully saturated rings. The molecule has 31 heavy (non-hydrogen) atoms. The molecule has 0 bridgehead atoms. The van der Waals surface area contributed by atoms with Crippen LogP contribution < -0.4 is 15.5 Å². The molecule has 5 nitrogen and oxygen atoms in total. The molecule has 2 N–H and O–H groups in total. The Morgan fingerprint density at radius 1 is 1.03 bits per heavy atom. The highest BCUT2D eigenvalue weighted by atomic mass is 79.9. The minimum absolute atomic E-state index is 0.0601. The summed E-state index contributed by atoms with van der Waals surface area (Å²) in [7, 11) is 0. The van der Waals surface area contributed by atoms with E-state index in [-0.39, 0.29) is 11.8 Å². The van der Waals surface area contributed by atoms with Gasteiger partial charge in [-0.05, 0) is 59.7 Å². The first-order chi connectivity index (χ1) is 15.1. The van der Waals surface area contributed by atoms with E-state index in [1.54, 1.807) is 6.07 Å². The lowest BCUT2D eigenvalue weighted by molar-refractivity contribution is 0.0942. The average Bonchev–Trinajstić information content (AvgIpc) is 3.49. The molecule has 2 aromatic carbocycles. The number of hydrogen-bond donors (Lipinski definition) is 2. The number of anilines is 1. The lowest BCUT2D eigenvalue weighted by Crippen LogP contribution is -2.31. The molecule has 0 radical (unpaired) electrons. The minimum Gasteiger partial charge on any atom is -0.371 e. The van der Waals surface area contributed by atoms with Gasteiger partial charge in [0, 0.05) is 41.9 Å². The highest BCUT2D eigenvalue weighted by Gasteiger charge is 2.23. The Kier molecular flexibility index (Phi) is 7.04. The van der Waals surface area contributed by atoms with Crippen LogP contribution in [0.5, 0.6) is 0 Å². The number of hydrogen-bond acceptors (Lipinski definition) is 4. The monoisotopic (exact) mass is 497 g/mol. The summed E-state index contributed by atoms with van der Waals surface area (Å²) >= 11 is 4.94. The third kappa shape index (κ3) is 5.74. The molecule has 1 unspecified atom stereocenters. The Bertz CT molecular complexity index is 1040. The normalized spacial score (nSPS) is 15.6. The second-order valence-corrected chi connectivity index (χ2v) is 9.51. The molecule has 1 saturated heterocycles. The number of benzene rings is 2. The average molecular weight is 498 g/mol. The molecule has 1 aromatic heterocycles. The van der Waals surface area contributed by atoms with Crippen LogP contribution in [0.1, 0.15) is 32.0 Å². The van der Waals surface area contributed by atoms with Crippen molar-refractivity contribution in [1.29, 1.82) is 0 Å². The van der Waals surface area contributed by atoms with E-state index < -0.39 is 0 Å². The Morgan fingerprint density at radius 2 is 1.87 bits per heavy atom. The van der Waals surface area contributed by atoms with Crippen molar-refractivity contribution in [3.05, 3.63) is 86.5 Å². The molecule has 2 heterocycles. The second kappa shape index (κ2) is 10.1. The summed E-state index contributed by atoms with van der Waals surface area (Å²) in [4.78, 5) is 27.6. The molecule has 0 saturated carbocycles. The summed E-state index contributed by atoms with van der Waals surface area (Å²) in [6.07, 6.45) is 1.07. The van der Waals surface area contributed by atoms with Gasteiger partial charge in [0.1, 0.15) is 0 Å². The molecule has 0 spiro atoms. The topological polar surface area (TPSA) is 61.4 Å². The van der Waals surface area contributed by atoms with Crippen molar-refractivity contribution in [3.63, 3.8) is 0 Å². The van der Waals surface area contributed by atoms with Gasteiger partial charge in [0.05, 0.1) is 4.88 Å². The first-order valence-electron chi connectivity index (χ1n) is 10.3. The van der Waals surface area contributed by atoms with Gasteiger partial charge in [-0.1, -0.05) is 40.2 Å². The van der Waals surface area contributed by atoms with Crippen molar-refractivity contribution in [2.75, 3.05) is 24.5 Å². The molecular formula is C24H24BrN3O2S. The van der Waals surface area contributed by atoms with Crippen molar-refractivity contribution in [1.82, 2.24) is 10.6 Å². The van der Waals surface area contributed by atoms with Crippen LogP contribution in [0, 0.1) is 5.92 Å². The van der Waals surface area contributed by atoms with Gasteiger partial charge in [0.25, 0.3) is 11.8 Å². The summed E-state index contributed by atoms with van der Waals surface area (Å²) in [5.74, 6) is 0.301. The van der Waals surface area contributed by atoms with E-state index in [4.69, 9.17) is 0 Å². The predicted molar refractivity (Wildman–Crippen MR) is 129 cm³/mol. The van der Waals surface area contributed by atoms with Crippen molar-refractivity contribution < 1.29 is 9.59 Å². The molecular weight excluding hydrogens is 474 g/mol. The third-order valence-electron chi connectivity index (χ3n) is 5.42. The van der Waals surface area contributed by atoms with E-state index in [0.29, 0.717) is 29.4 Å². The summed E-state index contributed by atoms with van der Waals surface area (Å²) in [6.45, 7) is 3.05. The lowest BCUT2D eigenvalue weighted by Gasteiger charge is -2.19. The van der Waals surface area contributed by atoms with Crippen molar-refractivity contribution in [3.8, 4) is 0 Å². The highest BCUT2D eigenvalue weighted by molar-refractivity contribution is 9.10. The molecule has 7 heteroatoms. The van der Waals surface area contributed by atoms with Gasteiger partial charge in [-0.15, -0.1) is 11.3 Å². The molecule has 1 atom stereocenters. The fourth-order valence-corrected chi connectivity index (χ4v) is 4.72. The Morgan fingerprint density at radius 3 is 2.61 bits per heavy atom. The van der Waals surface area contributed by atoms with Crippen molar-refractivity contribution >= 4 is 44.8 Å². The number of halogens is 1. The Balaban J connectivity index is 1.23. The maximum Gasteiger partial charge on any atom is 0.261 e. The van der Waals surface area contributed by atoms with Gasteiger partial charge < -0.3 is 15.5 Å². The maximum absolute atomic E-state index is 12.5. The maximum atomic E-state index is 12.5. The predicted octanol–water partition coefficient (Wildman–Crippen LogP) is 4.70. The van der Waals surface area contributed by atoms with Gasteiger partial charge in [-0.2, -0.15) is 0 Å². The van der Waals surface area contributed by atoms with Gasteiger partial charge in [-0.3, -0.25) is 9.59 Å². The van der Waals surface area contributed by atoms with E-state index in [2.05, 4.69) is 43.6 Å². The minimum atomic E-state index is -0.0784. The smallest absolute Gasteiger partial charge is 0.261 e. The van der Waals surface area contributed by atoms with Gasteiger partial charge in [-0.25, -0.2) is 0 Å². The van der Waals surface area contributed by atoms with Crippen LogP contribution in [0.2, 0.25) is 0 Å². The van der Waals surface area contributed by atoms with Crippen LogP contribution in [0.15, 0.2) is 70.5 Å². The van der Waals surface area contributed by atoms with E-state index in [9.17, 15) is 9.59 Å². The van der Waals surface area contributed by atoms with Crippen LogP contribution in [0.4, 0.5) is 5.69 Å². The first kappa shape index (κ1) is 21.6. The quantitative estimate of drug-likeness (QED) is 0.497. The fourth-order valence-electron chi connectivity index (χ4n) is 3.70. The highest BCUT2D eigenvalue weighted by Crippen LogP contribution is 2.26. The van der Waals surface area contributed by atoms with Crippen molar-refractivity contribution in [2.24, 2.45) is 5.92 Å². The molecule has 1 aliphatic rings. The lowest BCUT2D eigenvalue weighted by atomic mass is 10.1. The standard InChI is InChI=1S/C24H24BrN3O2S/c25-20-3-1-4-21(13-20)28-11-10-18(16-28)15-26-23(29)19-8-6-17(7-9-19)14-27-24(30)22-5-2-12-31-22/h1-9,12-13,18H,10-11,14-16H2,(H,26,29)(H,27,30). The number of nitrogens with zero attached hydrogens (tertiary/aromatic N) is 1. The first-order valence-corrected chi connectivity index (χ1v) is 11.9. The summed E-state index contributed by atoms with van der Waals surface area (Å²) < 4.78 is 1.08. The van der Waals surface area contributed by atoms with Gasteiger partial charge in [0.2, 0.25) is 0 Å². The van der Waals surface area contributed by atoms with Crippen LogP contribution in [0.3, 0.4) is 0 Å². The Hall–Kier alpha value is -2.64. The number of carbonyl (C=O) groups excluding carboxylic acids is 2. The van der Waals surface area contributed by atoms with E-state index in [1.807, 2.05) is 47.8 Å². The summed E-state index contributed by atoms with van der Waals surface area (Å²) in [5.41, 5.74) is 2.81. The number of amides is 2. The summed E-state index contributed by atoms with van der Waals surface area (Å²) in [5, 5.41) is 7.85. The second-order valence-electron chi connectivity index (χ2n) is 7.65. The molecule has 0 aliphatic carbocycles.